The molecule has 0 aliphatic carbocycles. The highest BCUT2D eigenvalue weighted by atomic mass is 19.4. The number of benzene rings is 1. The van der Waals surface area contributed by atoms with E-state index in [1.54, 1.807) is 24.0 Å². The minimum atomic E-state index is -4.30. The second-order valence-electron chi connectivity index (χ2n) is 3.92. The van der Waals surface area contributed by atoms with Crippen molar-refractivity contribution < 1.29 is 13.2 Å². The predicted molar refractivity (Wildman–Crippen MR) is 58.0 cm³/mol. The van der Waals surface area contributed by atoms with Crippen LogP contribution in [0.25, 0.3) is 5.69 Å². The molecule has 2 aromatic rings. The zero-order chi connectivity index (χ0) is 12.6. The molecule has 0 atom stereocenters. The van der Waals surface area contributed by atoms with Crippen molar-refractivity contribution >= 4 is 0 Å². The Bertz CT molecular complexity index is 541. The molecule has 1 aromatic carbocycles. The number of alkyl halides is 3. The lowest BCUT2D eigenvalue weighted by Crippen LogP contribution is -2.06. The van der Waals surface area contributed by atoms with Crippen molar-refractivity contribution in [2.75, 3.05) is 0 Å². The fourth-order valence-electron chi connectivity index (χ4n) is 1.67. The topological polar surface area (TPSA) is 17.8 Å². The molecule has 0 saturated heterocycles. The van der Waals surface area contributed by atoms with Crippen LogP contribution in [0.2, 0.25) is 0 Å². The molecule has 0 saturated carbocycles. The minimum absolute atomic E-state index is 0.567. The van der Waals surface area contributed by atoms with Crippen molar-refractivity contribution in [3.05, 3.63) is 47.5 Å². The lowest BCUT2D eigenvalue weighted by atomic mass is 10.1. The molecule has 0 N–H and O–H groups in total. The Morgan fingerprint density at radius 3 is 2.35 bits per heavy atom. The highest BCUT2D eigenvalue weighted by Crippen LogP contribution is 2.31. The summed E-state index contributed by atoms with van der Waals surface area (Å²) in [4.78, 5) is 4.05. The first-order valence-corrected chi connectivity index (χ1v) is 5.07. The van der Waals surface area contributed by atoms with E-state index in [1.807, 2.05) is 6.92 Å². The third-order valence-electron chi connectivity index (χ3n) is 2.51. The van der Waals surface area contributed by atoms with Crippen LogP contribution < -0.4 is 0 Å². The minimum Gasteiger partial charge on any atom is -0.306 e. The third kappa shape index (κ3) is 2.33. The summed E-state index contributed by atoms with van der Waals surface area (Å²) in [5.41, 5.74) is 1.47. The molecule has 1 heterocycles. The van der Waals surface area contributed by atoms with Crippen LogP contribution in [0.3, 0.4) is 0 Å². The average Bonchev–Trinajstić information content (AvgIpc) is 2.63. The van der Waals surface area contributed by atoms with Crippen LogP contribution in [0.1, 0.15) is 16.8 Å². The fraction of sp³-hybridized carbons (Fsp3) is 0.250. The van der Waals surface area contributed by atoms with Gasteiger partial charge in [0.25, 0.3) is 0 Å². The van der Waals surface area contributed by atoms with E-state index in [9.17, 15) is 13.2 Å². The van der Waals surface area contributed by atoms with Crippen LogP contribution in [0.15, 0.2) is 30.7 Å². The van der Waals surface area contributed by atoms with E-state index in [0.717, 1.165) is 17.8 Å². The quantitative estimate of drug-likeness (QED) is 0.745. The van der Waals surface area contributed by atoms with E-state index in [0.29, 0.717) is 11.3 Å². The fourth-order valence-corrected chi connectivity index (χ4v) is 1.67. The van der Waals surface area contributed by atoms with Gasteiger partial charge in [-0.05, 0) is 37.6 Å². The van der Waals surface area contributed by atoms with Crippen molar-refractivity contribution in [1.82, 2.24) is 9.55 Å². The molecular weight excluding hydrogens is 229 g/mol. The monoisotopic (exact) mass is 240 g/mol. The summed E-state index contributed by atoms with van der Waals surface area (Å²) in [5, 5.41) is 0. The summed E-state index contributed by atoms with van der Waals surface area (Å²) < 4.78 is 39.2. The van der Waals surface area contributed by atoms with Gasteiger partial charge >= 0.3 is 6.18 Å². The number of halogens is 3. The van der Waals surface area contributed by atoms with Crippen molar-refractivity contribution in [2.45, 2.75) is 20.0 Å². The second-order valence-corrected chi connectivity index (χ2v) is 3.92. The third-order valence-corrected chi connectivity index (χ3v) is 2.51. The van der Waals surface area contributed by atoms with Crippen molar-refractivity contribution in [3.63, 3.8) is 0 Å². The molecule has 0 bridgehead atoms. The number of aromatic nitrogens is 2. The van der Waals surface area contributed by atoms with Crippen LogP contribution in [0, 0.1) is 13.8 Å². The highest BCUT2D eigenvalue weighted by Gasteiger charge is 2.30. The molecule has 17 heavy (non-hydrogen) atoms. The van der Waals surface area contributed by atoms with E-state index in [-0.39, 0.29) is 0 Å². The van der Waals surface area contributed by atoms with Crippen LogP contribution in [0.5, 0.6) is 0 Å². The number of rotatable bonds is 1. The largest absolute Gasteiger partial charge is 0.416 e. The molecule has 0 amide bonds. The molecule has 2 rings (SSSR count). The molecule has 0 aliphatic rings. The Morgan fingerprint density at radius 1 is 1.18 bits per heavy atom. The molecule has 5 heteroatoms. The van der Waals surface area contributed by atoms with Gasteiger partial charge in [-0.25, -0.2) is 4.98 Å². The molecule has 0 spiro atoms. The van der Waals surface area contributed by atoms with Crippen molar-refractivity contribution in [3.8, 4) is 5.69 Å². The number of hydrogen-bond acceptors (Lipinski definition) is 1. The molecule has 2 nitrogen and oxygen atoms in total. The van der Waals surface area contributed by atoms with Gasteiger partial charge in [-0.2, -0.15) is 13.2 Å². The van der Waals surface area contributed by atoms with Crippen LogP contribution in [-0.2, 0) is 6.18 Å². The van der Waals surface area contributed by atoms with Gasteiger partial charge in [0.1, 0.15) is 0 Å². The van der Waals surface area contributed by atoms with Gasteiger partial charge < -0.3 is 4.57 Å². The van der Waals surface area contributed by atoms with Crippen LogP contribution in [-0.4, -0.2) is 9.55 Å². The smallest absolute Gasteiger partial charge is 0.306 e. The van der Waals surface area contributed by atoms with E-state index in [2.05, 4.69) is 4.98 Å². The Kier molecular flexibility index (Phi) is 2.69. The molecule has 0 aliphatic heterocycles. The first kappa shape index (κ1) is 11.7. The standard InChI is InChI=1S/C12H11F3N2/c1-8-5-10(12(13,14)15)3-4-11(8)17-6-9(2)16-7-17/h3-7H,1-2H3. The average molecular weight is 240 g/mol. The zero-order valence-corrected chi connectivity index (χ0v) is 9.42. The highest BCUT2D eigenvalue weighted by molar-refractivity contribution is 5.43. The van der Waals surface area contributed by atoms with Gasteiger partial charge in [-0.15, -0.1) is 0 Å². The summed E-state index contributed by atoms with van der Waals surface area (Å²) in [6.07, 6.45) is -0.936. The Hall–Kier alpha value is -1.78. The van der Waals surface area contributed by atoms with E-state index in [4.69, 9.17) is 0 Å². The van der Waals surface area contributed by atoms with Gasteiger partial charge in [0, 0.05) is 11.9 Å². The van der Waals surface area contributed by atoms with Crippen LogP contribution in [0.4, 0.5) is 13.2 Å². The Labute approximate surface area is 96.7 Å². The zero-order valence-electron chi connectivity index (χ0n) is 9.42. The first-order valence-electron chi connectivity index (χ1n) is 5.07. The molecule has 0 radical (unpaired) electrons. The number of hydrogen-bond donors (Lipinski definition) is 0. The maximum atomic E-state index is 12.5. The molecule has 0 unspecified atom stereocenters. The summed E-state index contributed by atoms with van der Waals surface area (Å²) >= 11 is 0. The van der Waals surface area contributed by atoms with E-state index in [1.165, 1.54) is 6.07 Å². The van der Waals surface area contributed by atoms with Crippen molar-refractivity contribution in [2.24, 2.45) is 0 Å². The number of aryl methyl sites for hydroxylation is 2. The van der Waals surface area contributed by atoms with E-state index >= 15 is 0 Å². The summed E-state index contributed by atoms with van der Waals surface area (Å²) in [5.74, 6) is 0. The normalized spacial score (nSPS) is 11.8. The Morgan fingerprint density at radius 2 is 1.88 bits per heavy atom. The molecule has 0 fully saturated rings. The van der Waals surface area contributed by atoms with Crippen LogP contribution >= 0.6 is 0 Å². The van der Waals surface area contributed by atoms with E-state index < -0.39 is 11.7 Å². The number of nitrogens with zero attached hydrogens (tertiary/aromatic N) is 2. The Balaban J connectivity index is 2.45. The van der Waals surface area contributed by atoms with Gasteiger partial charge in [0.15, 0.2) is 0 Å². The number of imidazole rings is 1. The lowest BCUT2D eigenvalue weighted by Gasteiger charge is -2.11. The van der Waals surface area contributed by atoms with Gasteiger partial charge in [-0.1, -0.05) is 0 Å². The first-order chi connectivity index (χ1) is 7.88. The molecule has 90 valence electrons. The van der Waals surface area contributed by atoms with Crippen molar-refractivity contribution in [1.29, 1.82) is 0 Å². The second kappa shape index (κ2) is 3.91. The summed E-state index contributed by atoms with van der Waals surface area (Å²) in [6.45, 7) is 3.48. The summed E-state index contributed by atoms with van der Waals surface area (Å²) in [6, 6.07) is 3.68. The summed E-state index contributed by atoms with van der Waals surface area (Å²) in [7, 11) is 0. The van der Waals surface area contributed by atoms with Gasteiger partial charge in [-0.3, -0.25) is 0 Å². The molecular formula is C12H11F3N2. The molecule has 1 aromatic heterocycles. The maximum Gasteiger partial charge on any atom is 0.416 e. The van der Waals surface area contributed by atoms with Gasteiger partial charge in [0.2, 0.25) is 0 Å². The maximum absolute atomic E-state index is 12.5. The van der Waals surface area contributed by atoms with Gasteiger partial charge in [0.05, 0.1) is 17.6 Å². The SMILES string of the molecule is Cc1cn(-c2ccc(C(F)(F)F)cc2C)cn1. The lowest BCUT2D eigenvalue weighted by molar-refractivity contribution is -0.137. The predicted octanol–water partition coefficient (Wildman–Crippen LogP) is 3.51.